The van der Waals surface area contributed by atoms with Crippen molar-refractivity contribution in [2.24, 2.45) is 0 Å². The SMILES string of the molecule is CNC(CO)CN1CCOCC1C. The number of hydrogen-bond donors (Lipinski definition) is 2. The molecule has 0 aromatic carbocycles. The van der Waals surface area contributed by atoms with E-state index in [2.05, 4.69) is 17.1 Å². The van der Waals surface area contributed by atoms with Crippen LogP contribution in [0.15, 0.2) is 0 Å². The predicted molar refractivity (Wildman–Crippen MR) is 51.8 cm³/mol. The van der Waals surface area contributed by atoms with Crippen molar-refractivity contribution < 1.29 is 9.84 Å². The van der Waals surface area contributed by atoms with Crippen LogP contribution in [0.4, 0.5) is 0 Å². The first-order valence-electron chi connectivity index (χ1n) is 4.88. The Balaban J connectivity index is 2.32. The lowest BCUT2D eigenvalue weighted by molar-refractivity contribution is -0.00676. The molecule has 1 saturated heterocycles. The summed E-state index contributed by atoms with van der Waals surface area (Å²) >= 11 is 0. The van der Waals surface area contributed by atoms with Gasteiger partial charge < -0.3 is 15.2 Å². The number of nitrogens with one attached hydrogen (secondary N) is 1. The van der Waals surface area contributed by atoms with Crippen LogP contribution in [0.3, 0.4) is 0 Å². The number of likely N-dealkylation sites (N-methyl/N-ethyl adjacent to an activating group) is 1. The second-order valence-electron chi connectivity index (χ2n) is 3.59. The lowest BCUT2D eigenvalue weighted by Crippen LogP contribution is -2.50. The third-order valence-corrected chi connectivity index (χ3v) is 2.59. The van der Waals surface area contributed by atoms with Gasteiger partial charge in [0.1, 0.15) is 0 Å². The van der Waals surface area contributed by atoms with Crippen molar-refractivity contribution >= 4 is 0 Å². The van der Waals surface area contributed by atoms with E-state index in [-0.39, 0.29) is 12.6 Å². The number of morpholine rings is 1. The molecule has 13 heavy (non-hydrogen) atoms. The molecular formula is C9H20N2O2. The average Bonchev–Trinajstić information content (AvgIpc) is 2.17. The quantitative estimate of drug-likeness (QED) is 0.611. The van der Waals surface area contributed by atoms with Crippen molar-refractivity contribution in [3.8, 4) is 0 Å². The maximum atomic E-state index is 9.02. The number of nitrogens with zero attached hydrogens (tertiary/aromatic N) is 1. The Bertz CT molecular complexity index is 140. The molecule has 1 fully saturated rings. The Kier molecular flexibility index (Phi) is 4.66. The molecule has 2 unspecified atom stereocenters. The molecule has 1 aliphatic heterocycles. The van der Waals surface area contributed by atoms with E-state index < -0.39 is 0 Å². The molecule has 1 rings (SSSR count). The Morgan fingerprint density at radius 1 is 1.69 bits per heavy atom. The Morgan fingerprint density at radius 2 is 2.46 bits per heavy atom. The lowest BCUT2D eigenvalue weighted by atomic mass is 10.2. The second kappa shape index (κ2) is 5.54. The monoisotopic (exact) mass is 188 g/mol. The van der Waals surface area contributed by atoms with E-state index in [9.17, 15) is 0 Å². The number of aliphatic hydroxyl groups excluding tert-OH is 1. The third-order valence-electron chi connectivity index (χ3n) is 2.59. The molecule has 0 aliphatic carbocycles. The molecule has 0 radical (unpaired) electrons. The summed E-state index contributed by atoms with van der Waals surface area (Å²) in [6.07, 6.45) is 0. The lowest BCUT2D eigenvalue weighted by Gasteiger charge is -2.35. The highest BCUT2D eigenvalue weighted by Crippen LogP contribution is 2.06. The van der Waals surface area contributed by atoms with Gasteiger partial charge in [-0.05, 0) is 14.0 Å². The molecule has 0 aromatic rings. The van der Waals surface area contributed by atoms with Crippen molar-refractivity contribution in [3.63, 3.8) is 0 Å². The Morgan fingerprint density at radius 3 is 3.00 bits per heavy atom. The maximum Gasteiger partial charge on any atom is 0.0619 e. The van der Waals surface area contributed by atoms with Gasteiger partial charge in [0.15, 0.2) is 0 Å². The van der Waals surface area contributed by atoms with Gasteiger partial charge in [0.05, 0.1) is 19.8 Å². The minimum absolute atomic E-state index is 0.181. The first-order valence-corrected chi connectivity index (χ1v) is 4.88. The van der Waals surface area contributed by atoms with Crippen LogP contribution >= 0.6 is 0 Å². The van der Waals surface area contributed by atoms with Gasteiger partial charge >= 0.3 is 0 Å². The molecule has 1 heterocycles. The van der Waals surface area contributed by atoms with E-state index in [1.165, 1.54) is 0 Å². The summed E-state index contributed by atoms with van der Waals surface area (Å²) in [4.78, 5) is 2.35. The molecule has 0 amide bonds. The summed E-state index contributed by atoms with van der Waals surface area (Å²) < 4.78 is 5.34. The molecule has 78 valence electrons. The molecule has 4 nitrogen and oxygen atoms in total. The zero-order valence-corrected chi connectivity index (χ0v) is 8.49. The first kappa shape index (κ1) is 10.9. The Labute approximate surface area is 79.9 Å². The van der Waals surface area contributed by atoms with Crippen LogP contribution in [0.2, 0.25) is 0 Å². The van der Waals surface area contributed by atoms with Gasteiger partial charge in [-0.15, -0.1) is 0 Å². The standard InChI is InChI=1S/C9H20N2O2/c1-8-7-13-4-3-11(8)5-9(6-12)10-2/h8-10,12H,3-7H2,1-2H3. The average molecular weight is 188 g/mol. The summed E-state index contributed by atoms with van der Waals surface area (Å²) in [5.74, 6) is 0. The summed E-state index contributed by atoms with van der Waals surface area (Å²) in [6.45, 7) is 5.84. The van der Waals surface area contributed by atoms with Gasteiger partial charge in [-0.3, -0.25) is 4.90 Å². The van der Waals surface area contributed by atoms with Crippen LogP contribution in [-0.4, -0.2) is 62.0 Å². The molecule has 0 saturated carbocycles. The third kappa shape index (κ3) is 3.23. The predicted octanol–water partition coefficient (Wildman–Crippen LogP) is -0.713. The largest absolute Gasteiger partial charge is 0.395 e. The number of ether oxygens (including phenoxy) is 1. The Hall–Kier alpha value is -0.160. The minimum atomic E-state index is 0.181. The van der Waals surface area contributed by atoms with Crippen LogP contribution in [0, 0.1) is 0 Å². The van der Waals surface area contributed by atoms with Crippen LogP contribution < -0.4 is 5.32 Å². The molecule has 2 atom stereocenters. The van der Waals surface area contributed by atoms with Crippen molar-refractivity contribution in [1.29, 1.82) is 0 Å². The van der Waals surface area contributed by atoms with Crippen LogP contribution in [-0.2, 0) is 4.74 Å². The molecular weight excluding hydrogens is 168 g/mol. The summed E-state index contributed by atoms with van der Waals surface area (Å²) in [7, 11) is 1.88. The zero-order chi connectivity index (χ0) is 9.68. The fraction of sp³-hybridized carbons (Fsp3) is 1.00. The fourth-order valence-corrected chi connectivity index (χ4v) is 1.56. The normalized spacial score (nSPS) is 27.5. The van der Waals surface area contributed by atoms with Crippen molar-refractivity contribution in [2.75, 3.05) is 40.0 Å². The van der Waals surface area contributed by atoms with E-state index in [0.717, 1.165) is 26.3 Å². The molecule has 4 heteroatoms. The number of aliphatic hydroxyl groups is 1. The van der Waals surface area contributed by atoms with Crippen LogP contribution in [0.5, 0.6) is 0 Å². The molecule has 1 aliphatic rings. The van der Waals surface area contributed by atoms with Crippen LogP contribution in [0.1, 0.15) is 6.92 Å². The maximum absolute atomic E-state index is 9.02. The van der Waals surface area contributed by atoms with E-state index in [1.54, 1.807) is 0 Å². The van der Waals surface area contributed by atoms with Gasteiger partial charge in [0.2, 0.25) is 0 Å². The highest BCUT2D eigenvalue weighted by molar-refractivity contribution is 4.76. The fourth-order valence-electron chi connectivity index (χ4n) is 1.56. The first-order chi connectivity index (χ1) is 6.27. The van der Waals surface area contributed by atoms with Gasteiger partial charge in [0.25, 0.3) is 0 Å². The number of hydrogen-bond acceptors (Lipinski definition) is 4. The van der Waals surface area contributed by atoms with E-state index >= 15 is 0 Å². The van der Waals surface area contributed by atoms with Crippen molar-refractivity contribution in [1.82, 2.24) is 10.2 Å². The highest BCUT2D eigenvalue weighted by atomic mass is 16.5. The van der Waals surface area contributed by atoms with Crippen LogP contribution in [0.25, 0.3) is 0 Å². The van der Waals surface area contributed by atoms with Gasteiger partial charge in [-0.2, -0.15) is 0 Å². The molecule has 0 spiro atoms. The molecule has 0 bridgehead atoms. The van der Waals surface area contributed by atoms with E-state index in [4.69, 9.17) is 9.84 Å². The molecule has 2 N–H and O–H groups in total. The minimum Gasteiger partial charge on any atom is -0.395 e. The number of rotatable bonds is 4. The van der Waals surface area contributed by atoms with Gasteiger partial charge in [-0.25, -0.2) is 0 Å². The highest BCUT2D eigenvalue weighted by Gasteiger charge is 2.20. The smallest absolute Gasteiger partial charge is 0.0619 e. The van der Waals surface area contributed by atoms with Gasteiger partial charge in [0, 0.05) is 25.2 Å². The van der Waals surface area contributed by atoms with Crippen molar-refractivity contribution in [3.05, 3.63) is 0 Å². The molecule has 0 aromatic heterocycles. The topological polar surface area (TPSA) is 44.7 Å². The van der Waals surface area contributed by atoms with Gasteiger partial charge in [-0.1, -0.05) is 0 Å². The van der Waals surface area contributed by atoms with E-state index in [1.807, 2.05) is 7.05 Å². The summed E-state index contributed by atoms with van der Waals surface area (Å²) in [6, 6.07) is 0.650. The summed E-state index contributed by atoms with van der Waals surface area (Å²) in [5, 5.41) is 12.1. The summed E-state index contributed by atoms with van der Waals surface area (Å²) in [5.41, 5.74) is 0. The second-order valence-corrected chi connectivity index (χ2v) is 3.59. The van der Waals surface area contributed by atoms with Crippen molar-refractivity contribution in [2.45, 2.75) is 19.0 Å². The van der Waals surface area contributed by atoms with E-state index in [0.29, 0.717) is 6.04 Å². The zero-order valence-electron chi connectivity index (χ0n) is 8.49.